The van der Waals surface area contributed by atoms with Gasteiger partial charge < -0.3 is 20.3 Å². The van der Waals surface area contributed by atoms with E-state index in [0.717, 1.165) is 51.4 Å². The molecule has 75 heavy (non-hydrogen) atoms. The molecule has 442 valence electrons. The second-order valence-electron chi connectivity index (χ2n) is 23.2. The molecular formula is C69H131NO5. The summed E-state index contributed by atoms with van der Waals surface area (Å²) in [5, 5.41) is 23.2. The molecule has 0 radical (unpaired) electrons. The summed E-state index contributed by atoms with van der Waals surface area (Å²) in [7, 11) is 0. The van der Waals surface area contributed by atoms with E-state index in [4.69, 9.17) is 4.74 Å². The highest BCUT2D eigenvalue weighted by Gasteiger charge is 2.18. The van der Waals surface area contributed by atoms with Crippen molar-refractivity contribution >= 4 is 11.9 Å². The lowest BCUT2D eigenvalue weighted by Gasteiger charge is -2.20. The van der Waals surface area contributed by atoms with E-state index in [2.05, 4.69) is 43.5 Å². The van der Waals surface area contributed by atoms with Crippen molar-refractivity contribution in [3.63, 3.8) is 0 Å². The Kier molecular flexibility index (Phi) is 63.0. The molecule has 0 rings (SSSR count). The van der Waals surface area contributed by atoms with Gasteiger partial charge in [-0.1, -0.05) is 326 Å². The van der Waals surface area contributed by atoms with Gasteiger partial charge in [-0.3, -0.25) is 9.59 Å². The van der Waals surface area contributed by atoms with Crippen molar-refractivity contribution in [3.05, 3.63) is 36.5 Å². The summed E-state index contributed by atoms with van der Waals surface area (Å²) in [5.41, 5.74) is 0. The van der Waals surface area contributed by atoms with E-state index in [1.54, 1.807) is 6.08 Å². The summed E-state index contributed by atoms with van der Waals surface area (Å²) >= 11 is 0. The number of esters is 1. The normalized spacial score (nSPS) is 12.7. The van der Waals surface area contributed by atoms with Crippen LogP contribution in [0.2, 0.25) is 0 Å². The van der Waals surface area contributed by atoms with E-state index < -0.39 is 12.1 Å². The van der Waals surface area contributed by atoms with E-state index in [9.17, 15) is 19.8 Å². The molecule has 2 atom stereocenters. The quantitative estimate of drug-likeness (QED) is 0.0320. The van der Waals surface area contributed by atoms with Crippen LogP contribution < -0.4 is 5.32 Å². The molecule has 0 aliphatic carbocycles. The summed E-state index contributed by atoms with van der Waals surface area (Å²) in [6.45, 7) is 4.89. The van der Waals surface area contributed by atoms with Crippen LogP contribution in [0.3, 0.4) is 0 Å². The van der Waals surface area contributed by atoms with Crippen LogP contribution in [-0.2, 0) is 14.3 Å². The van der Waals surface area contributed by atoms with Crippen LogP contribution in [0.1, 0.15) is 367 Å². The Morgan fingerprint density at radius 2 is 0.667 bits per heavy atom. The summed E-state index contributed by atoms with van der Waals surface area (Å²) in [5.74, 6) is -0.0585. The maximum Gasteiger partial charge on any atom is 0.305 e. The van der Waals surface area contributed by atoms with Crippen LogP contribution in [-0.4, -0.2) is 47.4 Å². The molecule has 0 heterocycles. The molecule has 0 spiro atoms. The zero-order chi connectivity index (χ0) is 54.3. The third kappa shape index (κ3) is 61.2. The second-order valence-corrected chi connectivity index (χ2v) is 23.2. The number of allylic oxidation sites excluding steroid dienone is 5. The molecule has 0 bridgehead atoms. The number of aliphatic hydroxyl groups is 2. The summed E-state index contributed by atoms with van der Waals surface area (Å²) in [6, 6.07) is -0.625. The smallest absolute Gasteiger partial charge is 0.305 e. The molecule has 6 nitrogen and oxygen atoms in total. The van der Waals surface area contributed by atoms with E-state index in [0.29, 0.717) is 19.4 Å². The van der Waals surface area contributed by atoms with Crippen molar-refractivity contribution in [2.75, 3.05) is 13.2 Å². The van der Waals surface area contributed by atoms with Crippen LogP contribution in [0, 0.1) is 0 Å². The minimum absolute atomic E-state index is 0.00458. The molecule has 0 fully saturated rings. The number of hydrogen-bond acceptors (Lipinski definition) is 5. The number of rotatable bonds is 63. The zero-order valence-electron chi connectivity index (χ0n) is 50.5. The molecule has 1 amide bonds. The predicted molar refractivity (Wildman–Crippen MR) is 329 cm³/mol. The van der Waals surface area contributed by atoms with Gasteiger partial charge in [0.1, 0.15) is 0 Å². The van der Waals surface area contributed by atoms with Gasteiger partial charge >= 0.3 is 5.97 Å². The van der Waals surface area contributed by atoms with Gasteiger partial charge in [-0.25, -0.2) is 0 Å². The van der Waals surface area contributed by atoms with E-state index in [1.807, 2.05) is 6.08 Å². The monoisotopic (exact) mass is 1050 g/mol. The lowest BCUT2D eigenvalue weighted by molar-refractivity contribution is -0.143. The number of carbonyl (C=O) groups is 2. The summed E-state index contributed by atoms with van der Waals surface area (Å²) in [6.07, 6.45) is 82.1. The number of nitrogens with one attached hydrogen (secondary N) is 1. The van der Waals surface area contributed by atoms with Crippen molar-refractivity contribution in [3.8, 4) is 0 Å². The van der Waals surface area contributed by atoms with Crippen molar-refractivity contribution in [2.45, 2.75) is 379 Å². The number of amides is 1. The Morgan fingerprint density at radius 3 is 1.04 bits per heavy atom. The molecule has 6 heteroatoms. The van der Waals surface area contributed by atoms with Crippen molar-refractivity contribution in [1.82, 2.24) is 5.32 Å². The van der Waals surface area contributed by atoms with Gasteiger partial charge in [0.25, 0.3) is 0 Å². The van der Waals surface area contributed by atoms with Gasteiger partial charge in [-0.2, -0.15) is 0 Å². The molecule has 0 aliphatic rings. The second kappa shape index (κ2) is 64.6. The van der Waals surface area contributed by atoms with Crippen molar-refractivity contribution in [2.24, 2.45) is 0 Å². The summed E-state index contributed by atoms with van der Waals surface area (Å²) in [4.78, 5) is 24.5. The first-order chi connectivity index (χ1) is 37.0. The number of aliphatic hydroxyl groups excluding tert-OH is 2. The maximum absolute atomic E-state index is 12.5. The molecule has 3 N–H and O–H groups in total. The third-order valence-corrected chi connectivity index (χ3v) is 15.7. The van der Waals surface area contributed by atoms with Crippen LogP contribution in [0.15, 0.2) is 36.5 Å². The lowest BCUT2D eigenvalue weighted by atomic mass is 10.0. The highest BCUT2D eigenvalue weighted by molar-refractivity contribution is 5.76. The zero-order valence-corrected chi connectivity index (χ0v) is 50.5. The average molecular weight is 1050 g/mol. The van der Waals surface area contributed by atoms with Crippen molar-refractivity contribution in [1.29, 1.82) is 0 Å². The first-order valence-corrected chi connectivity index (χ1v) is 33.8. The van der Waals surface area contributed by atoms with Gasteiger partial charge in [0.2, 0.25) is 5.91 Å². The van der Waals surface area contributed by atoms with E-state index in [-0.39, 0.29) is 18.5 Å². The van der Waals surface area contributed by atoms with Crippen LogP contribution in [0.25, 0.3) is 0 Å². The summed E-state index contributed by atoms with van der Waals surface area (Å²) < 4.78 is 5.49. The molecule has 0 aromatic carbocycles. The number of hydrogen-bond donors (Lipinski definition) is 3. The highest BCUT2D eigenvalue weighted by atomic mass is 16.5. The van der Waals surface area contributed by atoms with Crippen molar-refractivity contribution < 1.29 is 24.5 Å². The Bertz CT molecular complexity index is 1210. The molecule has 0 aromatic heterocycles. The lowest BCUT2D eigenvalue weighted by Crippen LogP contribution is -2.45. The first-order valence-electron chi connectivity index (χ1n) is 33.8. The fourth-order valence-electron chi connectivity index (χ4n) is 10.5. The Hall–Kier alpha value is -1.92. The predicted octanol–water partition coefficient (Wildman–Crippen LogP) is 21.5. The van der Waals surface area contributed by atoms with Gasteiger partial charge in [-0.05, 0) is 64.2 Å². The van der Waals surface area contributed by atoms with Gasteiger partial charge in [0.05, 0.1) is 25.4 Å². The Labute approximate surface area is 468 Å². The van der Waals surface area contributed by atoms with Gasteiger partial charge in [0, 0.05) is 12.8 Å². The molecule has 0 aromatic rings. The molecule has 2 unspecified atom stereocenters. The fraction of sp³-hybridized carbons (Fsp3) is 0.884. The van der Waals surface area contributed by atoms with E-state index >= 15 is 0 Å². The standard InChI is InChI=1S/C69H131NO5/c1-3-5-7-9-11-13-15-17-33-37-41-45-49-53-57-61-67(72)66(65-71)70-68(73)62-58-54-50-46-42-38-35-31-29-27-25-23-21-19-20-22-24-26-28-30-32-36-40-44-48-52-56-60-64-75-69(74)63-59-55-51-47-43-39-34-18-16-14-12-10-8-6-4-2/h12,14,18,34,57,61,66-67,71-72H,3-11,13,15-17,19-33,35-56,58-60,62-65H2,1-2H3,(H,70,73)/b14-12-,34-18-,61-57+. The maximum atomic E-state index is 12.5. The fourth-order valence-corrected chi connectivity index (χ4v) is 10.5. The van der Waals surface area contributed by atoms with Gasteiger partial charge in [-0.15, -0.1) is 0 Å². The van der Waals surface area contributed by atoms with E-state index in [1.165, 1.54) is 289 Å². The van der Waals surface area contributed by atoms with Gasteiger partial charge in [0.15, 0.2) is 0 Å². The average Bonchev–Trinajstić information content (AvgIpc) is 3.41. The third-order valence-electron chi connectivity index (χ3n) is 15.7. The molecule has 0 aliphatic heterocycles. The highest BCUT2D eigenvalue weighted by Crippen LogP contribution is 2.18. The number of ether oxygens (including phenoxy) is 1. The molecule has 0 saturated heterocycles. The largest absolute Gasteiger partial charge is 0.466 e. The minimum atomic E-state index is -0.842. The Balaban J connectivity index is 3.36. The van der Waals surface area contributed by atoms with Crippen LogP contribution in [0.5, 0.6) is 0 Å². The molecule has 0 saturated carbocycles. The van der Waals surface area contributed by atoms with Crippen LogP contribution >= 0.6 is 0 Å². The topological polar surface area (TPSA) is 95.9 Å². The minimum Gasteiger partial charge on any atom is -0.466 e. The number of unbranched alkanes of at least 4 members (excludes halogenated alkanes) is 48. The molecular weight excluding hydrogens is 923 g/mol. The first kappa shape index (κ1) is 73.1. The SMILES string of the molecule is CCCCC/C=C\C/C=C\CCCCCCCC(=O)OCCCCCCCCCCCCCCCCCCCCCCCCCCCCCCC(=O)NC(CO)C(O)/C=C/CCCCCCCCCCCCCCC. The van der Waals surface area contributed by atoms with Crippen LogP contribution in [0.4, 0.5) is 0 Å². The Morgan fingerprint density at radius 1 is 0.373 bits per heavy atom. The number of carbonyl (C=O) groups excluding carboxylic acids is 2.